The lowest BCUT2D eigenvalue weighted by Crippen LogP contribution is -2.29. The third-order valence-corrected chi connectivity index (χ3v) is 5.59. The van der Waals surface area contributed by atoms with Gasteiger partial charge in [0.05, 0.1) is 10.5 Å². The van der Waals surface area contributed by atoms with Gasteiger partial charge in [-0.3, -0.25) is 4.79 Å². The zero-order valence-electron chi connectivity index (χ0n) is 13.0. The number of methoxy groups -OCH3 is 1. The van der Waals surface area contributed by atoms with Crippen molar-refractivity contribution in [2.45, 2.75) is 24.2 Å². The number of ether oxygens (including phenoxy) is 1. The van der Waals surface area contributed by atoms with Crippen LogP contribution in [0.25, 0.3) is 0 Å². The van der Waals surface area contributed by atoms with E-state index in [2.05, 4.69) is 5.32 Å². The summed E-state index contributed by atoms with van der Waals surface area (Å²) in [6, 6.07) is 3.33. The molecule has 0 spiro atoms. The summed E-state index contributed by atoms with van der Waals surface area (Å²) in [5.41, 5.74) is -0.261. The maximum absolute atomic E-state index is 13.9. The van der Waals surface area contributed by atoms with Gasteiger partial charge in [-0.2, -0.15) is 4.31 Å². The molecule has 8 heteroatoms. The number of nitrogens with zero attached hydrogens (tertiary/aromatic N) is 1. The Balaban J connectivity index is 2.16. The van der Waals surface area contributed by atoms with Crippen LogP contribution in [0.5, 0.6) is 0 Å². The van der Waals surface area contributed by atoms with Crippen LogP contribution in [0.2, 0.25) is 0 Å². The highest BCUT2D eigenvalue weighted by atomic mass is 32.2. The van der Waals surface area contributed by atoms with Crippen LogP contribution in [0.4, 0.5) is 4.39 Å². The summed E-state index contributed by atoms with van der Waals surface area (Å²) < 4.78 is 45.0. The molecule has 128 valence electrons. The average Bonchev–Trinajstić information content (AvgIpc) is 3.07. The zero-order chi connectivity index (χ0) is 16.9. The molecule has 0 atom stereocenters. The molecule has 2 rings (SSSR count). The van der Waals surface area contributed by atoms with Crippen LogP contribution >= 0.6 is 0 Å². The van der Waals surface area contributed by atoms with E-state index in [0.29, 0.717) is 32.7 Å². The second-order valence-electron chi connectivity index (χ2n) is 5.36. The second-order valence-corrected chi connectivity index (χ2v) is 7.29. The topological polar surface area (TPSA) is 75.7 Å². The number of benzene rings is 1. The van der Waals surface area contributed by atoms with Crippen molar-refractivity contribution in [3.8, 4) is 0 Å². The highest BCUT2D eigenvalue weighted by molar-refractivity contribution is 7.89. The summed E-state index contributed by atoms with van der Waals surface area (Å²) in [5, 5.41) is 2.56. The molecule has 1 N–H and O–H groups in total. The fourth-order valence-corrected chi connectivity index (χ4v) is 3.97. The van der Waals surface area contributed by atoms with Gasteiger partial charge in [0.25, 0.3) is 5.91 Å². The van der Waals surface area contributed by atoms with E-state index in [9.17, 15) is 17.6 Å². The number of rotatable bonds is 7. The van der Waals surface area contributed by atoms with E-state index in [0.717, 1.165) is 25.0 Å². The SMILES string of the molecule is COCCCNC(=O)c1cc(S(=O)(=O)N2CCCC2)ccc1F. The molecule has 0 aromatic heterocycles. The molecule has 0 unspecified atom stereocenters. The van der Waals surface area contributed by atoms with Gasteiger partial charge in [0, 0.05) is 33.4 Å². The van der Waals surface area contributed by atoms with E-state index < -0.39 is 21.7 Å². The van der Waals surface area contributed by atoms with E-state index in [-0.39, 0.29) is 10.5 Å². The number of amides is 1. The quantitative estimate of drug-likeness (QED) is 0.758. The largest absolute Gasteiger partial charge is 0.385 e. The Hall–Kier alpha value is -1.51. The molecule has 0 aliphatic carbocycles. The molecule has 23 heavy (non-hydrogen) atoms. The lowest BCUT2D eigenvalue weighted by molar-refractivity contribution is 0.0944. The minimum Gasteiger partial charge on any atom is -0.385 e. The summed E-state index contributed by atoms with van der Waals surface area (Å²) in [5.74, 6) is -1.37. The van der Waals surface area contributed by atoms with Gasteiger partial charge in [-0.25, -0.2) is 12.8 Å². The Bertz CT molecular complexity index is 657. The molecule has 1 aromatic rings. The first-order valence-corrected chi connectivity index (χ1v) is 8.97. The number of nitrogens with one attached hydrogen (secondary N) is 1. The Morgan fingerprint density at radius 2 is 2.04 bits per heavy atom. The molecule has 0 saturated carbocycles. The van der Waals surface area contributed by atoms with Crippen LogP contribution in [-0.2, 0) is 14.8 Å². The van der Waals surface area contributed by atoms with Crippen molar-refractivity contribution in [2.24, 2.45) is 0 Å². The molecule has 6 nitrogen and oxygen atoms in total. The van der Waals surface area contributed by atoms with Crippen molar-refractivity contribution < 1.29 is 22.3 Å². The molecule has 1 aliphatic heterocycles. The van der Waals surface area contributed by atoms with Gasteiger partial charge < -0.3 is 10.1 Å². The monoisotopic (exact) mass is 344 g/mol. The maximum Gasteiger partial charge on any atom is 0.254 e. The number of hydrogen-bond acceptors (Lipinski definition) is 4. The normalized spacial score (nSPS) is 15.7. The Morgan fingerprint density at radius 1 is 1.35 bits per heavy atom. The maximum atomic E-state index is 13.9. The Labute approximate surface area is 135 Å². The number of sulfonamides is 1. The van der Waals surface area contributed by atoms with Crippen molar-refractivity contribution in [3.63, 3.8) is 0 Å². The lowest BCUT2D eigenvalue weighted by Gasteiger charge is -2.16. The van der Waals surface area contributed by atoms with E-state index >= 15 is 0 Å². The highest BCUT2D eigenvalue weighted by Gasteiger charge is 2.28. The van der Waals surface area contributed by atoms with E-state index in [1.165, 1.54) is 10.4 Å². The van der Waals surface area contributed by atoms with Gasteiger partial charge in [-0.15, -0.1) is 0 Å². The van der Waals surface area contributed by atoms with Gasteiger partial charge >= 0.3 is 0 Å². The summed E-state index contributed by atoms with van der Waals surface area (Å²) in [6.45, 7) is 1.72. The molecule has 0 radical (unpaired) electrons. The summed E-state index contributed by atoms with van der Waals surface area (Å²) in [7, 11) is -2.12. The number of hydrogen-bond donors (Lipinski definition) is 1. The van der Waals surface area contributed by atoms with Gasteiger partial charge in [-0.1, -0.05) is 0 Å². The first kappa shape index (κ1) is 17.8. The first-order valence-electron chi connectivity index (χ1n) is 7.53. The Morgan fingerprint density at radius 3 is 2.70 bits per heavy atom. The molecule has 1 amide bonds. The van der Waals surface area contributed by atoms with E-state index in [4.69, 9.17) is 4.74 Å². The van der Waals surface area contributed by atoms with Crippen molar-refractivity contribution in [2.75, 3.05) is 33.4 Å². The van der Waals surface area contributed by atoms with Crippen LogP contribution < -0.4 is 5.32 Å². The smallest absolute Gasteiger partial charge is 0.254 e. The van der Waals surface area contributed by atoms with Crippen LogP contribution in [0, 0.1) is 5.82 Å². The Kier molecular flexibility index (Phi) is 6.09. The summed E-state index contributed by atoms with van der Waals surface area (Å²) in [4.78, 5) is 12.0. The van der Waals surface area contributed by atoms with Crippen LogP contribution in [0.3, 0.4) is 0 Å². The fraction of sp³-hybridized carbons (Fsp3) is 0.533. The third kappa shape index (κ3) is 4.27. The van der Waals surface area contributed by atoms with Crippen LogP contribution in [0.15, 0.2) is 23.1 Å². The van der Waals surface area contributed by atoms with Gasteiger partial charge in [0.1, 0.15) is 5.82 Å². The fourth-order valence-electron chi connectivity index (χ4n) is 2.43. The molecular formula is C15H21FN2O4S. The first-order chi connectivity index (χ1) is 11.0. The predicted octanol–water partition coefficient (Wildman–Crippen LogP) is 1.38. The summed E-state index contributed by atoms with van der Waals surface area (Å²) >= 11 is 0. The molecular weight excluding hydrogens is 323 g/mol. The summed E-state index contributed by atoms with van der Waals surface area (Å²) in [6.07, 6.45) is 2.22. The third-order valence-electron chi connectivity index (χ3n) is 3.70. The van der Waals surface area contributed by atoms with Crippen molar-refractivity contribution in [3.05, 3.63) is 29.6 Å². The molecule has 1 fully saturated rings. The van der Waals surface area contributed by atoms with Crippen molar-refractivity contribution >= 4 is 15.9 Å². The molecule has 0 bridgehead atoms. The minimum atomic E-state index is -3.67. The van der Waals surface area contributed by atoms with Crippen molar-refractivity contribution in [1.29, 1.82) is 0 Å². The van der Waals surface area contributed by atoms with Crippen LogP contribution in [-0.4, -0.2) is 52.0 Å². The van der Waals surface area contributed by atoms with Gasteiger partial charge in [0.15, 0.2) is 0 Å². The van der Waals surface area contributed by atoms with Crippen LogP contribution in [0.1, 0.15) is 29.6 Å². The number of carbonyl (C=O) groups is 1. The van der Waals surface area contributed by atoms with E-state index in [1.807, 2.05) is 0 Å². The lowest BCUT2D eigenvalue weighted by atomic mass is 10.2. The molecule has 1 heterocycles. The molecule has 1 saturated heterocycles. The molecule has 1 aliphatic rings. The second kappa shape index (κ2) is 7.85. The standard InChI is InChI=1S/C15H21FN2O4S/c1-22-10-4-7-17-15(19)13-11-12(5-6-14(13)16)23(20,21)18-8-2-3-9-18/h5-6,11H,2-4,7-10H2,1H3,(H,17,19). The van der Waals surface area contributed by atoms with Crippen molar-refractivity contribution in [1.82, 2.24) is 9.62 Å². The number of carbonyl (C=O) groups excluding carboxylic acids is 1. The van der Waals surface area contributed by atoms with Gasteiger partial charge in [0.2, 0.25) is 10.0 Å². The number of halogens is 1. The van der Waals surface area contributed by atoms with E-state index in [1.54, 1.807) is 7.11 Å². The zero-order valence-corrected chi connectivity index (χ0v) is 13.9. The molecule has 1 aromatic carbocycles. The van der Waals surface area contributed by atoms with Gasteiger partial charge in [-0.05, 0) is 37.5 Å². The highest BCUT2D eigenvalue weighted by Crippen LogP contribution is 2.22. The predicted molar refractivity (Wildman–Crippen MR) is 83.2 cm³/mol. The average molecular weight is 344 g/mol. The minimum absolute atomic E-state index is 0.0529.